The van der Waals surface area contributed by atoms with Gasteiger partial charge < -0.3 is 0 Å². The lowest BCUT2D eigenvalue weighted by atomic mass is 10.0. The van der Waals surface area contributed by atoms with E-state index in [1.807, 2.05) is 73.7 Å². The molecule has 0 fully saturated rings. The van der Waals surface area contributed by atoms with Crippen LogP contribution in [0.4, 0.5) is 5.00 Å². The van der Waals surface area contributed by atoms with Crippen LogP contribution in [-0.4, -0.2) is 18.3 Å². The van der Waals surface area contributed by atoms with Crippen molar-refractivity contribution in [2.45, 2.75) is 39.7 Å². The van der Waals surface area contributed by atoms with Gasteiger partial charge in [0.2, 0.25) is 0 Å². The molecule has 0 aliphatic carbocycles. The number of benzene rings is 3. The van der Waals surface area contributed by atoms with Gasteiger partial charge in [-0.3, -0.25) is 18.6 Å². The van der Waals surface area contributed by atoms with Crippen LogP contribution in [0.15, 0.2) is 71.5 Å². The van der Waals surface area contributed by atoms with Gasteiger partial charge in [-0.15, -0.1) is 11.3 Å². The molecule has 0 saturated carbocycles. The van der Waals surface area contributed by atoms with Gasteiger partial charge in [-0.05, 0) is 42.7 Å². The molecule has 6 nitrogen and oxygen atoms in total. The van der Waals surface area contributed by atoms with Gasteiger partial charge in [-0.1, -0.05) is 67.4 Å². The van der Waals surface area contributed by atoms with Gasteiger partial charge in [0.25, 0.3) is 16.8 Å². The van der Waals surface area contributed by atoms with E-state index in [0.29, 0.717) is 16.9 Å². The fraction of sp³-hybridized carbons (Fsp3) is 0.214. The molecule has 0 aliphatic heterocycles. The second-order valence-corrected chi connectivity index (χ2v) is 10.6. The number of unbranched alkanes of at least 4 members (excludes halogenated alkanes) is 1. The molecule has 5 rings (SSSR count). The Balaban J connectivity index is 1.54. The summed E-state index contributed by atoms with van der Waals surface area (Å²) in [5, 5.41) is 2.32. The second-order valence-electron chi connectivity index (χ2n) is 8.89. The minimum absolute atomic E-state index is 0.0142. The van der Waals surface area contributed by atoms with Crippen LogP contribution in [-0.2, 0) is 24.2 Å². The van der Waals surface area contributed by atoms with Gasteiger partial charge in [-0.2, -0.15) is 0 Å². The normalized spacial score (nSPS) is 12.3. The molecule has 184 valence electrons. The van der Waals surface area contributed by atoms with Gasteiger partial charge in [0, 0.05) is 22.1 Å². The molecule has 1 atom stereocenters. The summed E-state index contributed by atoms with van der Waals surface area (Å²) in [6, 6.07) is 21.8. The summed E-state index contributed by atoms with van der Waals surface area (Å²) in [5.41, 5.74) is 4.60. The highest BCUT2D eigenvalue weighted by Crippen LogP contribution is 2.42. The molecular weight excluding hydrogens is 490 g/mol. The summed E-state index contributed by atoms with van der Waals surface area (Å²) in [6.45, 7) is 4.55. The second kappa shape index (κ2) is 10.3. The monoisotopic (exact) mass is 517 g/mol. The lowest BCUT2D eigenvalue weighted by Crippen LogP contribution is -2.26. The highest BCUT2D eigenvalue weighted by Gasteiger charge is 2.16. The van der Waals surface area contributed by atoms with Gasteiger partial charge in [0.1, 0.15) is 10.8 Å². The van der Waals surface area contributed by atoms with Crippen molar-refractivity contribution in [2.75, 3.05) is 4.72 Å². The topological polar surface area (TPSA) is 84.2 Å². The minimum Gasteiger partial charge on any atom is -0.292 e. The zero-order chi connectivity index (χ0) is 25.2. The molecule has 1 unspecified atom stereocenters. The number of aromatic nitrogens is 2. The van der Waals surface area contributed by atoms with Gasteiger partial charge in [-0.25, -0.2) is 9.19 Å². The minimum atomic E-state index is -2.16. The van der Waals surface area contributed by atoms with Crippen LogP contribution in [0, 0.1) is 6.92 Å². The number of hydrogen-bond donors (Lipinski definition) is 2. The van der Waals surface area contributed by atoms with Crippen molar-refractivity contribution in [3.05, 3.63) is 94.0 Å². The molecule has 0 spiro atoms. The lowest BCUT2D eigenvalue weighted by Gasteiger charge is -2.14. The first-order chi connectivity index (χ1) is 17.4. The number of hydrogen-bond acceptors (Lipinski definition) is 4. The Morgan fingerprint density at radius 3 is 2.58 bits per heavy atom. The predicted molar refractivity (Wildman–Crippen MR) is 150 cm³/mol. The van der Waals surface area contributed by atoms with Crippen LogP contribution >= 0.6 is 11.3 Å². The predicted octanol–water partition coefficient (Wildman–Crippen LogP) is 6.53. The van der Waals surface area contributed by atoms with Gasteiger partial charge >= 0.3 is 0 Å². The number of thiophene rings is 1. The van der Waals surface area contributed by atoms with Crippen LogP contribution < -0.4 is 10.3 Å². The molecule has 0 saturated heterocycles. The van der Waals surface area contributed by atoms with E-state index >= 15 is 0 Å². The first-order valence-electron chi connectivity index (χ1n) is 11.9. The number of aryl methyl sites for hydroxylation is 2. The molecule has 0 aliphatic rings. The van der Waals surface area contributed by atoms with E-state index in [1.54, 1.807) is 4.57 Å². The molecule has 2 N–H and O–H groups in total. The Kier molecular flexibility index (Phi) is 7.00. The molecule has 0 amide bonds. The number of rotatable bonds is 8. The molecule has 5 aromatic rings. The average molecular weight is 518 g/mol. The van der Waals surface area contributed by atoms with Crippen molar-refractivity contribution in [3.8, 4) is 11.1 Å². The largest absolute Gasteiger partial charge is 0.292 e. The Bertz CT molecular complexity index is 1640. The molecule has 3 aromatic carbocycles. The zero-order valence-electron chi connectivity index (χ0n) is 20.2. The van der Waals surface area contributed by atoms with Crippen LogP contribution in [0.3, 0.4) is 0 Å². The summed E-state index contributed by atoms with van der Waals surface area (Å²) in [6.07, 6.45) is 2.75. The standard InChI is InChI=1S/C28H27N3O3S2/c1-3-4-9-25-29-23-15-10-18(2)16-22(23)28(32)31(25)17-19-11-13-20(14-12-19)26-21-7-5-6-8-24(21)35-27(26)30-36(33)34/h5-8,10-16,30H,3-4,9,17H2,1-2H3,(H,33,34). The summed E-state index contributed by atoms with van der Waals surface area (Å²) in [5.74, 6) is 0.808. The van der Waals surface area contributed by atoms with Crippen molar-refractivity contribution in [1.29, 1.82) is 0 Å². The Hall–Kier alpha value is -3.33. The van der Waals surface area contributed by atoms with Crippen molar-refractivity contribution in [3.63, 3.8) is 0 Å². The Morgan fingerprint density at radius 1 is 1.06 bits per heavy atom. The Labute approximate surface area is 216 Å². The first-order valence-corrected chi connectivity index (χ1v) is 13.9. The van der Waals surface area contributed by atoms with Gasteiger partial charge in [0.05, 0.1) is 17.4 Å². The molecule has 8 heteroatoms. The maximum absolute atomic E-state index is 13.5. The number of nitrogens with one attached hydrogen (secondary N) is 1. The number of nitrogens with zero attached hydrogens (tertiary/aromatic N) is 2. The molecular formula is C28H27N3O3S2. The third-order valence-electron chi connectivity index (χ3n) is 6.30. The smallest absolute Gasteiger partial charge is 0.261 e. The summed E-state index contributed by atoms with van der Waals surface area (Å²) in [4.78, 5) is 18.3. The van der Waals surface area contributed by atoms with Crippen LogP contribution in [0.2, 0.25) is 0 Å². The maximum Gasteiger partial charge on any atom is 0.261 e. The molecule has 0 radical (unpaired) electrons. The van der Waals surface area contributed by atoms with Crippen LogP contribution in [0.5, 0.6) is 0 Å². The van der Waals surface area contributed by atoms with Crippen LogP contribution in [0.25, 0.3) is 32.1 Å². The fourth-order valence-electron chi connectivity index (χ4n) is 4.51. The highest BCUT2D eigenvalue weighted by atomic mass is 32.2. The van der Waals surface area contributed by atoms with Crippen molar-refractivity contribution < 1.29 is 8.76 Å². The number of anilines is 1. The quantitative estimate of drug-likeness (QED) is 0.229. The highest BCUT2D eigenvalue weighted by molar-refractivity contribution is 7.81. The van der Waals surface area contributed by atoms with Gasteiger partial charge in [0.15, 0.2) is 0 Å². The molecule has 2 heterocycles. The van der Waals surface area contributed by atoms with Crippen LogP contribution in [0.1, 0.15) is 36.7 Å². The zero-order valence-corrected chi connectivity index (χ0v) is 21.8. The summed E-state index contributed by atoms with van der Waals surface area (Å²) in [7, 11) is 0. The fourth-order valence-corrected chi connectivity index (χ4v) is 6.13. The van der Waals surface area contributed by atoms with Crippen molar-refractivity contribution >= 4 is 48.6 Å². The van der Waals surface area contributed by atoms with E-state index in [-0.39, 0.29) is 5.56 Å². The first kappa shape index (κ1) is 24.4. The maximum atomic E-state index is 13.5. The van der Waals surface area contributed by atoms with E-state index in [4.69, 9.17) is 4.98 Å². The summed E-state index contributed by atoms with van der Waals surface area (Å²) >= 11 is -0.715. The lowest BCUT2D eigenvalue weighted by molar-refractivity contribution is 0.570. The van der Waals surface area contributed by atoms with E-state index in [1.165, 1.54) is 11.3 Å². The third kappa shape index (κ3) is 4.84. The van der Waals surface area contributed by atoms with Crippen molar-refractivity contribution in [2.24, 2.45) is 0 Å². The third-order valence-corrected chi connectivity index (χ3v) is 7.90. The molecule has 0 bridgehead atoms. The Morgan fingerprint density at radius 2 is 1.83 bits per heavy atom. The van der Waals surface area contributed by atoms with E-state index in [9.17, 15) is 13.6 Å². The average Bonchev–Trinajstić information content (AvgIpc) is 3.22. The number of fused-ring (bicyclic) bond motifs is 2. The SMILES string of the molecule is CCCCc1nc2ccc(C)cc2c(=O)n1Cc1ccc(-c2c(NS(=O)O)sc3ccccc23)cc1. The van der Waals surface area contributed by atoms with E-state index < -0.39 is 11.3 Å². The van der Waals surface area contributed by atoms with E-state index in [2.05, 4.69) is 11.6 Å². The van der Waals surface area contributed by atoms with Crippen molar-refractivity contribution in [1.82, 2.24) is 9.55 Å². The van der Waals surface area contributed by atoms with E-state index in [0.717, 1.165) is 62.9 Å². The molecule has 36 heavy (non-hydrogen) atoms. The molecule has 2 aromatic heterocycles. The summed E-state index contributed by atoms with van der Waals surface area (Å²) < 4.78 is 26.5.